The largest absolute Gasteiger partial charge is 0.456 e. The Kier molecular flexibility index (Phi) is 2.39. The van der Waals surface area contributed by atoms with E-state index in [-0.39, 0.29) is 60.2 Å². The molecule has 0 aliphatic heterocycles. The van der Waals surface area contributed by atoms with Crippen LogP contribution in [0.25, 0.3) is 87.6 Å². The maximum Gasteiger partial charge on any atom is 0.135 e. The number of rotatable bonds is 3. The van der Waals surface area contributed by atoms with Crippen LogP contribution in [0.15, 0.2) is 162 Å². The maximum atomic E-state index is 9.56. The van der Waals surface area contributed by atoms with E-state index in [9.17, 15) is 8.22 Å². The maximum absolute atomic E-state index is 9.56. The van der Waals surface area contributed by atoms with Gasteiger partial charge in [0.05, 0.1) is 30.2 Å². The summed E-state index contributed by atoms with van der Waals surface area (Å²) >= 11 is 0. The monoisotopic (exact) mass is 568 g/mol. The van der Waals surface area contributed by atoms with E-state index in [0.29, 0.717) is 0 Å². The quantitative estimate of drug-likeness (QED) is 0.193. The van der Waals surface area contributed by atoms with Gasteiger partial charge in [-0.2, -0.15) is 0 Å². The highest BCUT2D eigenvalue weighted by Crippen LogP contribution is 2.45. The van der Waals surface area contributed by atoms with Crippen LogP contribution < -0.4 is 0 Å². The molecule has 43 heavy (non-hydrogen) atoms. The van der Waals surface area contributed by atoms with E-state index in [2.05, 4.69) is 0 Å². The first kappa shape index (κ1) is 10.9. The van der Waals surface area contributed by atoms with Crippen molar-refractivity contribution < 1.29 is 34.6 Å². The van der Waals surface area contributed by atoms with Gasteiger partial charge in [0, 0.05) is 10.8 Å². The Bertz CT molecular complexity index is 3640. The molecule has 1 nitrogen and oxygen atoms in total. The van der Waals surface area contributed by atoms with Crippen LogP contribution >= 0.6 is 0 Å². The third kappa shape index (κ3) is 3.79. The molecular formula is C42H26O. The molecule has 1 heteroatoms. The summed E-state index contributed by atoms with van der Waals surface area (Å²) in [6.07, 6.45) is 0. The van der Waals surface area contributed by atoms with Crippen molar-refractivity contribution in [3.63, 3.8) is 0 Å². The molecule has 0 bridgehead atoms. The number of fused-ring (bicyclic) bond motifs is 6. The smallest absolute Gasteiger partial charge is 0.135 e. The predicted molar refractivity (Wildman–Crippen MR) is 183 cm³/mol. The summed E-state index contributed by atoms with van der Waals surface area (Å²) in [5.41, 5.74) is -3.09. The van der Waals surface area contributed by atoms with E-state index in [1.807, 2.05) is 0 Å². The van der Waals surface area contributed by atoms with Crippen LogP contribution in [0.1, 0.15) is 30.2 Å². The van der Waals surface area contributed by atoms with Crippen LogP contribution in [0.2, 0.25) is 0 Å². The molecule has 1 aromatic heterocycles. The lowest BCUT2D eigenvalue weighted by atomic mass is 9.85. The van der Waals surface area contributed by atoms with Crippen LogP contribution in [-0.4, -0.2) is 0 Å². The van der Waals surface area contributed by atoms with Crippen molar-refractivity contribution in [1.29, 1.82) is 0 Å². The SMILES string of the molecule is [2H]c1cc2c(-c3c([2H])c([2H])c(-c4c([2H])c([2H])c5c([2H])c([2H])c([2H])c([2H])c5c4[2H])c([2H])c3[2H])c3cc([2H])c([2H])cc3c(-c3c([2H])c([2H])c4oc5c([2H])c([2H])c([2H])c([2H])c5c4c3[2H])c2cc1[2H]. The predicted octanol–water partition coefficient (Wildman–Crippen LogP) is 12.0. The van der Waals surface area contributed by atoms with Gasteiger partial charge in [-0.3, -0.25) is 0 Å². The summed E-state index contributed by atoms with van der Waals surface area (Å²) in [4.78, 5) is 0. The highest BCUT2D eigenvalue weighted by Gasteiger charge is 2.17. The molecular weight excluding hydrogens is 520 g/mol. The van der Waals surface area contributed by atoms with E-state index < -0.39 is 160 Å². The number of hydrogen-bond donors (Lipinski definition) is 0. The Morgan fingerprint density at radius 2 is 0.884 bits per heavy atom. The fourth-order valence-electron chi connectivity index (χ4n) is 5.32. The minimum atomic E-state index is -0.845. The highest BCUT2D eigenvalue weighted by atomic mass is 16.3. The van der Waals surface area contributed by atoms with Gasteiger partial charge in [0.1, 0.15) is 11.2 Å². The molecule has 0 aliphatic carbocycles. The Labute approximate surface area is 280 Å². The molecule has 0 fully saturated rings. The molecule has 1 heterocycles. The lowest BCUT2D eigenvalue weighted by Gasteiger charge is -2.18. The molecule has 0 unspecified atom stereocenters. The van der Waals surface area contributed by atoms with Crippen LogP contribution in [0.4, 0.5) is 0 Å². The highest BCUT2D eigenvalue weighted by molar-refractivity contribution is 6.22. The van der Waals surface area contributed by atoms with E-state index in [0.717, 1.165) is 12.1 Å². The normalized spacial score (nSPS) is 18.9. The minimum absolute atomic E-state index is 0.0496. The van der Waals surface area contributed by atoms with Crippen LogP contribution in [-0.2, 0) is 0 Å². The van der Waals surface area contributed by atoms with Gasteiger partial charge in [-0.05, 0) is 89.9 Å². The van der Waals surface area contributed by atoms with Gasteiger partial charge in [-0.25, -0.2) is 0 Å². The van der Waals surface area contributed by atoms with Gasteiger partial charge in [-0.1, -0.05) is 133 Å². The molecule has 9 aromatic rings. The summed E-state index contributed by atoms with van der Waals surface area (Å²) in [6, 6.07) is -9.72. The molecule has 0 aliphatic rings. The van der Waals surface area contributed by atoms with Crippen molar-refractivity contribution in [3.8, 4) is 33.4 Å². The van der Waals surface area contributed by atoms with Gasteiger partial charge < -0.3 is 4.42 Å². The number of benzene rings is 8. The van der Waals surface area contributed by atoms with Crippen molar-refractivity contribution in [2.24, 2.45) is 0 Å². The van der Waals surface area contributed by atoms with Gasteiger partial charge in [0.15, 0.2) is 0 Å². The van der Waals surface area contributed by atoms with Gasteiger partial charge in [0.2, 0.25) is 0 Å². The Hall–Kier alpha value is -5.66. The second kappa shape index (κ2) is 9.44. The van der Waals surface area contributed by atoms with Crippen LogP contribution in [0, 0.1) is 0 Å². The number of hydrogen-bond acceptors (Lipinski definition) is 1. The van der Waals surface area contributed by atoms with E-state index in [1.54, 1.807) is 0 Å². The van der Waals surface area contributed by atoms with Gasteiger partial charge >= 0.3 is 0 Å². The fraction of sp³-hybridized carbons (Fsp3) is 0. The van der Waals surface area contributed by atoms with Gasteiger partial charge in [0.25, 0.3) is 0 Å². The zero-order chi connectivity index (χ0) is 47.5. The first-order valence-electron chi connectivity index (χ1n) is 24.0. The zero-order valence-corrected chi connectivity index (χ0v) is 21.7. The summed E-state index contributed by atoms with van der Waals surface area (Å²) < 4.78 is 199. The van der Waals surface area contributed by atoms with Crippen molar-refractivity contribution >= 4 is 54.3 Å². The third-order valence-corrected chi connectivity index (χ3v) is 7.20. The molecule has 0 saturated heterocycles. The molecule has 0 amide bonds. The average molecular weight is 569 g/mol. The van der Waals surface area contributed by atoms with E-state index in [4.69, 9.17) is 26.3 Å². The Balaban J connectivity index is 1.45. The van der Waals surface area contributed by atoms with Crippen molar-refractivity contribution in [2.75, 3.05) is 0 Å². The summed E-state index contributed by atoms with van der Waals surface area (Å²) in [5.74, 6) is 0. The lowest BCUT2D eigenvalue weighted by molar-refractivity contribution is 0.669. The Morgan fingerprint density at radius 3 is 1.60 bits per heavy atom. The molecule has 0 N–H and O–H groups in total. The summed E-state index contributed by atoms with van der Waals surface area (Å²) in [6.45, 7) is 0. The molecule has 8 aromatic carbocycles. The first-order valence-corrected chi connectivity index (χ1v) is 13.0. The van der Waals surface area contributed by atoms with E-state index >= 15 is 0 Å². The third-order valence-electron chi connectivity index (χ3n) is 7.20. The lowest BCUT2D eigenvalue weighted by Crippen LogP contribution is -1.91. The molecule has 0 radical (unpaired) electrons. The van der Waals surface area contributed by atoms with E-state index in [1.165, 1.54) is 12.1 Å². The van der Waals surface area contributed by atoms with Crippen LogP contribution in [0.5, 0.6) is 0 Å². The number of furan rings is 1. The molecule has 0 spiro atoms. The van der Waals surface area contributed by atoms with Gasteiger partial charge in [-0.15, -0.1) is 0 Å². The molecule has 0 atom stereocenters. The second-order valence-corrected chi connectivity index (χ2v) is 9.57. The topological polar surface area (TPSA) is 13.1 Å². The summed E-state index contributed by atoms with van der Waals surface area (Å²) in [5, 5.41) is -1.67. The Morgan fingerprint density at radius 1 is 0.349 bits per heavy atom. The molecule has 0 saturated carbocycles. The molecule has 200 valence electrons. The molecule has 9 rings (SSSR count). The van der Waals surface area contributed by atoms with Crippen molar-refractivity contribution in [3.05, 3.63) is 157 Å². The zero-order valence-electron chi connectivity index (χ0n) is 43.7. The van der Waals surface area contributed by atoms with Crippen LogP contribution in [0.3, 0.4) is 0 Å². The van der Waals surface area contributed by atoms with Crippen molar-refractivity contribution in [2.45, 2.75) is 0 Å². The average Bonchev–Trinajstić information content (AvgIpc) is 3.68. The minimum Gasteiger partial charge on any atom is -0.456 e. The number of para-hydroxylation sites is 1. The second-order valence-electron chi connectivity index (χ2n) is 9.57. The standard InChI is InChI=1S/C42H26O/c1-2-10-30-25-31(22-19-27(30)9-1)28-17-20-29(21-18-28)41-34-12-3-5-14-36(34)42(37-15-6-4-13-35(37)41)32-23-24-40-38(26-32)33-11-7-8-16-39(33)43-40/h1-26H/i1D,2D,3D,4D,5D,6D,7D,8D,9D,10D,11D,16D,17D,18D,19D,20D,21D,22D,23D,24D,25D,26D. The summed E-state index contributed by atoms with van der Waals surface area (Å²) in [7, 11) is 0. The van der Waals surface area contributed by atoms with Crippen molar-refractivity contribution in [1.82, 2.24) is 0 Å². The fourth-order valence-corrected chi connectivity index (χ4v) is 5.32. The first-order chi connectivity index (χ1) is 30.5.